The molecule has 1 amide bonds. The van der Waals surface area contributed by atoms with Crippen LogP contribution in [0, 0.1) is 0 Å². The summed E-state index contributed by atoms with van der Waals surface area (Å²) in [4.78, 5) is 13.2. The molecular weight excluding hydrogens is 322 g/mol. The summed E-state index contributed by atoms with van der Waals surface area (Å²) in [5.41, 5.74) is 0. The number of rotatable bonds is 7. The van der Waals surface area contributed by atoms with Gasteiger partial charge in [-0.15, -0.1) is 16.9 Å². The normalized spacial score (nSPS) is 15.3. The van der Waals surface area contributed by atoms with Gasteiger partial charge in [-0.3, -0.25) is 10.1 Å². The number of hydrogen-bond donors (Lipinski definition) is 1. The predicted molar refractivity (Wildman–Crippen MR) is 95.2 cm³/mol. The van der Waals surface area contributed by atoms with Crippen LogP contribution in [0.1, 0.15) is 56.8 Å². The summed E-state index contributed by atoms with van der Waals surface area (Å²) in [6.07, 6.45) is 7.20. The molecule has 1 fully saturated rings. The molecule has 1 N–H and O–H groups in total. The molecule has 0 radical (unpaired) electrons. The van der Waals surface area contributed by atoms with Crippen molar-refractivity contribution in [2.45, 2.75) is 55.8 Å². The third kappa shape index (κ3) is 5.09. The molecule has 0 aliphatic heterocycles. The minimum Gasteiger partial charge on any atom is -0.408 e. The van der Waals surface area contributed by atoms with E-state index in [-0.39, 0.29) is 11.9 Å². The van der Waals surface area contributed by atoms with Crippen LogP contribution in [0.4, 0.5) is 6.01 Å². The number of nitrogens with one attached hydrogen (secondary N) is 1. The van der Waals surface area contributed by atoms with E-state index in [1.54, 1.807) is 11.8 Å². The molecular formula is C18H23N3O2S. The van der Waals surface area contributed by atoms with Gasteiger partial charge in [0.05, 0.1) is 0 Å². The van der Waals surface area contributed by atoms with Crippen LogP contribution in [0.25, 0.3) is 0 Å². The molecule has 0 saturated heterocycles. The zero-order valence-electron chi connectivity index (χ0n) is 13.7. The molecule has 0 unspecified atom stereocenters. The van der Waals surface area contributed by atoms with Crippen LogP contribution in [0.3, 0.4) is 0 Å². The molecule has 3 rings (SSSR count). The van der Waals surface area contributed by atoms with Crippen LogP contribution < -0.4 is 5.32 Å². The van der Waals surface area contributed by atoms with Crippen LogP contribution in [0.15, 0.2) is 39.6 Å². The largest absolute Gasteiger partial charge is 0.408 e. The first-order valence-electron chi connectivity index (χ1n) is 8.62. The second-order valence-electron chi connectivity index (χ2n) is 6.09. The quantitative estimate of drug-likeness (QED) is 0.585. The van der Waals surface area contributed by atoms with E-state index in [4.69, 9.17) is 4.42 Å². The van der Waals surface area contributed by atoms with Crippen LogP contribution in [-0.4, -0.2) is 21.9 Å². The molecule has 1 saturated carbocycles. The van der Waals surface area contributed by atoms with E-state index in [9.17, 15) is 4.79 Å². The van der Waals surface area contributed by atoms with E-state index in [1.165, 1.54) is 24.2 Å². The SMILES string of the molecule is O=C(CCCSc1ccccc1)Nc1nnc(C2CCCCC2)o1. The lowest BCUT2D eigenvalue weighted by molar-refractivity contribution is -0.116. The number of thioether (sulfide) groups is 1. The highest BCUT2D eigenvalue weighted by atomic mass is 32.2. The third-order valence-corrected chi connectivity index (χ3v) is 5.30. The lowest BCUT2D eigenvalue weighted by Gasteiger charge is -2.17. The Balaban J connectivity index is 1.38. The van der Waals surface area contributed by atoms with Gasteiger partial charge in [-0.25, -0.2) is 0 Å². The number of benzene rings is 1. The molecule has 1 aliphatic carbocycles. The van der Waals surface area contributed by atoms with E-state index in [2.05, 4.69) is 27.6 Å². The lowest BCUT2D eigenvalue weighted by Crippen LogP contribution is -2.11. The fourth-order valence-corrected chi connectivity index (χ4v) is 3.79. The minimum absolute atomic E-state index is 0.0671. The topological polar surface area (TPSA) is 68.0 Å². The molecule has 5 nitrogen and oxygen atoms in total. The van der Waals surface area contributed by atoms with Gasteiger partial charge in [0.25, 0.3) is 0 Å². The molecule has 1 aromatic carbocycles. The summed E-state index contributed by atoms with van der Waals surface area (Å²) in [6, 6.07) is 10.4. The molecule has 0 bridgehead atoms. The Morgan fingerprint density at radius 3 is 2.75 bits per heavy atom. The first-order chi connectivity index (χ1) is 11.8. The first-order valence-corrected chi connectivity index (χ1v) is 9.61. The van der Waals surface area contributed by atoms with Gasteiger partial charge >= 0.3 is 6.01 Å². The number of hydrogen-bond acceptors (Lipinski definition) is 5. The maximum atomic E-state index is 12.0. The van der Waals surface area contributed by atoms with Gasteiger partial charge in [-0.05, 0) is 37.1 Å². The zero-order chi connectivity index (χ0) is 16.6. The van der Waals surface area contributed by atoms with Gasteiger partial charge in [0, 0.05) is 17.2 Å². The van der Waals surface area contributed by atoms with Crippen LogP contribution in [0.5, 0.6) is 0 Å². The molecule has 0 spiro atoms. The van der Waals surface area contributed by atoms with E-state index in [0.717, 1.165) is 25.0 Å². The third-order valence-electron chi connectivity index (χ3n) is 4.20. The fourth-order valence-electron chi connectivity index (χ4n) is 2.92. The van der Waals surface area contributed by atoms with E-state index in [1.807, 2.05) is 18.2 Å². The van der Waals surface area contributed by atoms with Crippen LogP contribution >= 0.6 is 11.8 Å². The van der Waals surface area contributed by atoms with Crippen molar-refractivity contribution in [3.8, 4) is 0 Å². The standard InChI is InChI=1S/C18H23N3O2S/c22-16(12-7-13-24-15-10-5-2-6-11-15)19-18-21-20-17(23-18)14-8-3-1-4-9-14/h2,5-6,10-11,14H,1,3-4,7-9,12-13H2,(H,19,21,22). The maximum absolute atomic E-state index is 12.0. The second-order valence-corrected chi connectivity index (χ2v) is 7.26. The second kappa shape index (κ2) is 8.87. The monoisotopic (exact) mass is 345 g/mol. The van der Waals surface area contributed by atoms with E-state index in [0.29, 0.717) is 18.2 Å². The van der Waals surface area contributed by atoms with Gasteiger partial charge in [-0.1, -0.05) is 42.6 Å². The minimum atomic E-state index is -0.0671. The smallest absolute Gasteiger partial charge is 0.322 e. The van der Waals surface area contributed by atoms with Crippen molar-refractivity contribution >= 4 is 23.7 Å². The highest BCUT2D eigenvalue weighted by molar-refractivity contribution is 7.99. The molecule has 24 heavy (non-hydrogen) atoms. The summed E-state index contributed by atoms with van der Waals surface area (Å²) >= 11 is 1.76. The average molecular weight is 345 g/mol. The number of aromatic nitrogens is 2. The van der Waals surface area contributed by atoms with Crippen molar-refractivity contribution in [1.29, 1.82) is 0 Å². The highest BCUT2D eigenvalue weighted by Crippen LogP contribution is 2.32. The molecule has 128 valence electrons. The maximum Gasteiger partial charge on any atom is 0.322 e. The van der Waals surface area contributed by atoms with Gasteiger partial charge < -0.3 is 4.42 Å². The number of anilines is 1. The number of carbonyl (C=O) groups excluding carboxylic acids is 1. The van der Waals surface area contributed by atoms with Gasteiger partial charge in [0.2, 0.25) is 11.8 Å². The van der Waals surface area contributed by atoms with Crippen molar-refractivity contribution in [2.75, 3.05) is 11.1 Å². The Kier molecular flexibility index (Phi) is 6.29. The van der Waals surface area contributed by atoms with Crippen molar-refractivity contribution in [3.05, 3.63) is 36.2 Å². The Bertz CT molecular complexity index is 639. The van der Waals surface area contributed by atoms with E-state index >= 15 is 0 Å². The van der Waals surface area contributed by atoms with Gasteiger partial charge in [-0.2, -0.15) is 0 Å². The van der Waals surface area contributed by atoms with Crippen molar-refractivity contribution in [2.24, 2.45) is 0 Å². The molecule has 1 aliphatic rings. The van der Waals surface area contributed by atoms with Crippen LogP contribution in [0.2, 0.25) is 0 Å². The molecule has 6 heteroatoms. The Labute approximate surface area is 146 Å². The number of carbonyl (C=O) groups is 1. The van der Waals surface area contributed by atoms with Gasteiger partial charge in [0.1, 0.15) is 0 Å². The number of nitrogens with zero attached hydrogens (tertiary/aromatic N) is 2. The van der Waals surface area contributed by atoms with Gasteiger partial charge in [0.15, 0.2) is 0 Å². The summed E-state index contributed by atoms with van der Waals surface area (Å²) in [6.45, 7) is 0. The predicted octanol–water partition coefficient (Wildman–Crippen LogP) is 4.63. The van der Waals surface area contributed by atoms with E-state index < -0.39 is 0 Å². The first kappa shape index (κ1) is 17.0. The molecule has 1 heterocycles. The van der Waals surface area contributed by atoms with Crippen molar-refractivity contribution < 1.29 is 9.21 Å². The highest BCUT2D eigenvalue weighted by Gasteiger charge is 2.21. The summed E-state index contributed by atoms with van der Waals surface area (Å²) in [5, 5.41) is 10.8. The Hall–Kier alpha value is -1.82. The summed E-state index contributed by atoms with van der Waals surface area (Å²) in [7, 11) is 0. The number of amides is 1. The average Bonchev–Trinajstić information content (AvgIpc) is 3.09. The Morgan fingerprint density at radius 1 is 1.17 bits per heavy atom. The fraction of sp³-hybridized carbons (Fsp3) is 0.500. The zero-order valence-corrected chi connectivity index (χ0v) is 14.6. The molecule has 1 aromatic heterocycles. The Morgan fingerprint density at radius 2 is 1.96 bits per heavy atom. The molecule has 2 aromatic rings. The van der Waals surface area contributed by atoms with Crippen molar-refractivity contribution in [3.63, 3.8) is 0 Å². The van der Waals surface area contributed by atoms with Crippen LogP contribution in [-0.2, 0) is 4.79 Å². The van der Waals surface area contributed by atoms with Crippen molar-refractivity contribution in [1.82, 2.24) is 10.2 Å². The lowest BCUT2D eigenvalue weighted by atomic mass is 9.89. The molecule has 0 atom stereocenters. The summed E-state index contributed by atoms with van der Waals surface area (Å²) in [5.74, 6) is 1.88. The summed E-state index contributed by atoms with van der Waals surface area (Å²) < 4.78 is 5.61.